The van der Waals surface area contributed by atoms with E-state index in [2.05, 4.69) is 5.32 Å². The fraction of sp³-hybridized carbons (Fsp3) is 0.125. The van der Waals surface area contributed by atoms with Gasteiger partial charge in [-0.15, -0.1) is 0 Å². The summed E-state index contributed by atoms with van der Waals surface area (Å²) in [5, 5.41) is 21.2. The van der Waals surface area contributed by atoms with Gasteiger partial charge in [-0.3, -0.25) is 15.4 Å². The average Bonchev–Trinajstić information content (AvgIpc) is 2.18. The number of nitrogens with zero attached hydrogens (tertiary/aromatic N) is 2. The van der Waals surface area contributed by atoms with Crippen molar-refractivity contribution in [2.24, 2.45) is 0 Å². The molecule has 0 atom stereocenters. The van der Waals surface area contributed by atoms with Crippen LogP contribution >= 0.6 is 0 Å². The van der Waals surface area contributed by atoms with Crippen molar-refractivity contribution in [3.05, 3.63) is 28.3 Å². The van der Waals surface area contributed by atoms with E-state index in [0.717, 1.165) is 0 Å². The summed E-state index contributed by atoms with van der Waals surface area (Å²) in [7, 11) is 1.35. The molecule has 0 bridgehead atoms. The van der Waals surface area contributed by atoms with E-state index < -0.39 is 4.92 Å². The summed E-state index contributed by atoms with van der Waals surface area (Å²) in [6.07, 6.45) is 1.67. The summed E-state index contributed by atoms with van der Waals surface area (Å²) in [6.45, 7) is 0. The van der Waals surface area contributed by atoms with Crippen LogP contribution in [0, 0.1) is 21.6 Å². The van der Waals surface area contributed by atoms with Crippen molar-refractivity contribution in [3.63, 3.8) is 0 Å². The fourth-order valence-electron chi connectivity index (χ4n) is 0.975. The Balaban J connectivity index is 3.15. The summed E-state index contributed by atoms with van der Waals surface area (Å²) < 4.78 is 4.79. The number of nitro groups is 1. The van der Waals surface area contributed by atoms with Crippen LogP contribution in [0.2, 0.25) is 0 Å². The molecule has 0 fully saturated rings. The van der Waals surface area contributed by atoms with Crippen LogP contribution in [-0.4, -0.2) is 12.0 Å². The molecule has 6 nitrogen and oxygen atoms in total. The number of anilines is 1. The van der Waals surface area contributed by atoms with Crippen LogP contribution < -0.4 is 10.1 Å². The minimum atomic E-state index is -0.568. The molecule has 6 heteroatoms. The number of nitrogens with one attached hydrogen (secondary N) is 1. The number of methoxy groups -OCH3 is 1. The van der Waals surface area contributed by atoms with Gasteiger partial charge in [-0.05, 0) is 12.1 Å². The van der Waals surface area contributed by atoms with Crippen molar-refractivity contribution >= 4 is 11.4 Å². The molecule has 1 N–H and O–H groups in total. The molecule has 0 aliphatic carbocycles. The van der Waals surface area contributed by atoms with E-state index >= 15 is 0 Å². The molecule has 1 rings (SSSR count). The van der Waals surface area contributed by atoms with Crippen LogP contribution in [0.4, 0.5) is 11.4 Å². The van der Waals surface area contributed by atoms with E-state index in [1.807, 2.05) is 0 Å². The minimum Gasteiger partial charge on any atom is -0.490 e. The van der Waals surface area contributed by atoms with E-state index in [-0.39, 0.29) is 11.4 Å². The third-order valence-electron chi connectivity index (χ3n) is 1.58. The molecule has 0 saturated heterocycles. The van der Waals surface area contributed by atoms with E-state index in [0.29, 0.717) is 5.69 Å². The quantitative estimate of drug-likeness (QED) is 0.340. The van der Waals surface area contributed by atoms with Crippen molar-refractivity contribution in [3.8, 4) is 11.9 Å². The first-order valence-corrected chi connectivity index (χ1v) is 3.66. The standard InChI is InChI=1S/C8H7N3O3/c1-14-8-3-2-6(10-5-9)4-7(8)11(12)13/h2-4,10H,1H3. The summed E-state index contributed by atoms with van der Waals surface area (Å²) in [6, 6.07) is 4.19. The molecule has 0 aliphatic rings. The summed E-state index contributed by atoms with van der Waals surface area (Å²) in [5.41, 5.74) is 0.188. The van der Waals surface area contributed by atoms with Crippen LogP contribution in [-0.2, 0) is 0 Å². The first kappa shape index (κ1) is 9.80. The van der Waals surface area contributed by atoms with Gasteiger partial charge in [-0.2, -0.15) is 5.26 Å². The van der Waals surface area contributed by atoms with Gasteiger partial charge in [-0.1, -0.05) is 0 Å². The van der Waals surface area contributed by atoms with Crippen molar-refractivity contribution in [1.82, 2.24) is 0 Å². The van der Waals surface area contributed by atoms with Crippen LogP contribution in [0.5, 0.6) is 5.75 Å². The Bertz CT molecular complexity index is 397. The number of ether oxygens (including phenoxy) is 1. The molecule has 0 heterocycles. The highest BCUT2D eigenvalue weighted by atomic mass is 16.6. The van der Waals surface area contributed by atoms with Gasteiger partial charge in [-0.25, -0.2) is 0 Å². The lowest BCUT2D eigenvalue weighted by Gasteiger charge is -2.02. The number of hydrogen-bond donors (Lipinski definition) is 1. The van der Waals surface area contributed by atoms with Crippen molar-refractivity contribution in [1.29, 1.82) is 5.26 Å². The lowest BCUT2D eigenvalue weighted by molar-refractivity contribution is -0.385. The maximum absolute atomic E-state index is 10.6. The molecular weight excluding hydrogens is 186 g/mol. The molecule has 0 aromatic heterocycles. The number of nitro benzene ring substituents is 1. The third-order valence-corrected chi connectivity index (χ3v) is 1.58. The number of hydrogen-bond acceptors (Lipinski definition) is 5. The number of rotatable bonds is 3. The molecule has 1 aromatic rings. The Morgan fingerprint density at radius 1 is 1.64 bits per heavy atom. The zero-order chi connectivity index (χ0) is 10.6. The zero-order valence-electron chi connectivity index (χ0n) is 7.35. The number of nitriles is 1. The maximum Gasteiger partial charge on any atom is 0.313 e. The highest BCUT2D eigenvalue weighted by Gasteiger charge is 2.14. The van der Waals surface area contributed by atoms with Gasteiger partial charge in [0.05, 0.1) is 17.7 Å². The lowest BCUT2D eigenvalue weighted by Crippen LogP contribution is -1.95. The van der Waals surface area contributed by atoms with Crippen molar-refractivity contribution in [2.45, 2.75) is 0 Å². The molecule has 0 radical (unpaired) electrons. The van der Waals surface area contributed by atoms with Crippen LogP contribution in [0.25, 0.3) is 0 Å². The van der Waals surface area contributed by atoms with Gasteiger partial charge < -0.3 is 4.74 Å². The van der Waals surface area contributed by atoms with Crippen molar-refractivity contribution < 1.29 is 9.66 Å². The normalized spacial score (nSPS) is 8.86. The SMILES string of the molecule is COc1ccc(NC#N)cc1[N+](=O)[O-]. The fourth-order valence-corrected chi connectivity index (χ4v) is 0.975. The molecule has 0 saturated carbocycles. The largest absolute Gasteiger partial charge is 0.490 e. The van der Waals surface area contributed by atoms with Gasteiger partial charge in [0.25, 0.3) is 0 Å². The Morgan fingerprint density at radius 2 is 2.36 bits per heavy atom. The molecule has 0 spiro atoms. The van der Waals surface area contributed by atoms with Crippen LogP contribution in [0.1, 0.15) is 0 Å². The number of benzene rings is 1. The predicted molar refractivity (Wildman–Crippen MR) is 48.9 cm³/mol. The minimum absolute atomic E-state index is 0.165. The van der Waals surface area contributed by atoms with E-state index in [9.17, 15) is 10.1 Å². The Morgan fingerprint density at radius 3 is 2.86 bits per heavy atom. The first-order chi connectivity index (χ1) is 6.69. The van der Waals surface area contributed by atoms with Crippen LogP contribution in [0.3, 0.4) is 0 Å². The van der Waals surface area contributed by atoms with Crippen molar-refractivity contribution in [2.75, 3.05) is 12.4 Å². The smallest absolute Gasteiger partial charge is 0.313 e. The van der Waals surface area contributed by atoms with Gasteiger partial charge in [0, 0.05) is 6.07 Å². The van der Waals surface area contributed by atoms with E-state index in [1.165, 1.54) is 25.3 Å². The molecular formula is C8H7N3O3. The van der Waals surface area contributed by atoms with Crippen LogP contribution in [0.15, 0.2) is 18.2 Å². The maximum atomic E-state index is 10.6. The summed E-state index contributed by atoms with van der Waals surface area (Å²) in [4.78, 5) is 9.98. The molecule has 0 amide bonds. The second-order valence-electron chi connectivity index (χ2n) is 2.38. The van der Waals surface area contributed by atoms with Gasteiger partial charge in [0.15, 0.2) is 11.9 Å². The molecule has 14 heavy (non-hydrogen) atoms. The third kappa shape index (κ3) is 1.90. The topological polar surface area (TPSA) is 88.2 Å². The molecule has 0 aliphatic heterocycles. The predicted octanol–water partition coefficient (Wildman–Crippen LogP) is 1.50. The highest BCUT2D eigenvalue weighted by Crippen LogP contribution is 2.29. The van der Waals surface area contributed by atoms with Gasteiger partial charge in [0.2, 0.25) is 0 Å². The summed E-state index contributed by atoms with van der Waals surface area (Å²) in [5.74, 6) is 0.165. The summed E-state index contributed by atoms with van der Waals surface area (Å²) >= 11 is 0. The Labute approximate surface area is 79.9 Å². The Hall–Kier alpha value is -2.29. The molecule has 1 aromatic carbocycles. The highest BCUT2D eigenvalue weighted by molar-refractivity contribution is 5.59. The van der Waals surface area contributed by atoms with Gasteiger partial charge >= 0.3 is 5.69 Å². The average molecular weight is 193 g/mol. The molecule has 72 valence electrons. The Kier molecular flexibility index (Phi) is 2.86. The second kappa shape index (κ2) is 4.09. The van der Waals surface area contributed by atoms with E-state index in [1.54, 1.807) is 6.19 Å². The first-order valence-electron chi connectivity index (χ1n) is 3.66. The zero-order valence-corrected chi connectivity index (χ0v) is 7.35. The lowest BCUT2D eigenvalue weighted by atomic mass is 10.2. The second-order valence-corrected chi connectivity index (χ2v) is 2.38. The monoisotopic (exact) mass is 193 g/mol. The van der Waals surface area contributed by atoms with Gasteiger partial charge in [0.1, 0.15) is 0 Å². The molecule has 0 unspecified atom stereocenters. The van der Waals surface area contributed by atoms with E-state index in [4.69, 9.17) is 10.00 Å².